The highest BCUT2D eigenvalue weighted by atomic mass is 16.4. The van der Waals surface area contributed by atoms with Crippen molar-refractivity contribution in [3.05, 3.63) is 65.2 Å². The Balaban J connectivity index is 2.36. The maximum Gasteiger partial charge on any atom is 0.323 e. The quantitative estimate of drug-likeness (QED) is 0.747. The Hall–Kier alpha value is -2.70. The van der Waals surface area contributed by atoms with Crippen LogP contribution in [-0.2, 0) is 17.9 Å². The van der Waals surface area contributed by atoms with Crippen LogP contribution in [0.4, 0.5) is 5.69 Å². The number of nitrogens with zero attached hydrogens (tertiary/aromatic N) is 1. The number of carbonyl (C=O) groups excluding carboxylic acids is 1. The van der Waals surface area contributed by atoms with Crippen molar-refractivity contribution in [2.45, 2.75) is 13.2 Å². The molecule has 0 aliphatic carbocycles. The standard InChI is InChI=1S/C17H18N2O4/c18-9-13-2-1-3-14(8-13)17(23)19(10-16(21)22)15-6-4-12(11-20)5-7-15/h1-8,20H,9-11,18H2,(H,21,22). The molecule has 2 aromatic rings. The third-order valence-electron chi connectivity index (χ3n) is 3.38. The molecule has 0 atom stereocenters. The lowest BCUT2D eigenvalue weighted by atomic mass is 10.1. The molecule has 0 fully saturated rings. The molecule has 0 bridgehead atoms. The van der Waals surface area contributed by atoms with Crippen molar-refractivity contribution >= 4 is 17.6 Å². The van der Waals surface area contributed by atoms with Gasteiger partial charge in [0.05, 0.1) is 6.61 Å². The first-order valence-corrected chi connectivity index (χ1v) is 7.07. The van der Waals surface area contributed by atoms with Crippen molar-refractivity contribution in [3.63, 3.8) is 0 Å². The predicted molar refractivity (Wildman–Crippen MR) is 86.0 cm³/mol. The molecule has 23 heavy (non-hydrogen) atoms. The first-order valence-electron chi connectivity index (χ1n) is 7.07. The van der Waals surface area contributed by atoms with E-state index in [1.807, 2.05) is 0 Å². The summed E-state index contributed by atoms with van der Waals surface area (Å²) in [5, 5.41) is 18.2. The van der Waals surface area contributed by atoms with Crippen LogP contribution in [0.25, 0.3) is 0 Å². The number of hydrogen-bond acceptors (Lipinski definition) is 4. The van der Waals surface area contributed by atoms with Crippen molar-refractivity contribution in [2.75, 3.05) is 11.4 Å². The van der Waals surface area contributed by atoms with Crippen LogP contribution in [0.15, 0.2) is 48.5 Å². The third-order valence-corrected chi connectivity index (χ3v) is 3.38. The first-order chi connectivity index (χ1) is 11.0. The Kier molecular flexibility index (Phi) is 5.46. The molecule has 2 rings (SSSR count). The van der Waals surface area contributed by atoms with E-state index in [2.05, 4.69) is 0 Å². The van der Waals surface area contributed by atoms with Gasteiger partial charge in [0.2, 0.25) is 0 Å². The minimum atomic E-state index is -1.11. The van der Waals surface area contributed by atoms with Crippen molar-refractivity contribution in [1.82, 2.24) is 0 Å². The van der Waals surface area contributed by atoms with Crippen LogP contribution >= 0.6 is 0 Å². The molecule has 6 nitrogen and oxygen atoms in total. The molecule has 0 aromatic heterocycles. The van der Waals surface area contributed by atoms with E-state index in [0.29, 0.717) is 23.4 Å². The minimum absolute atomic E-state index is 0.119. The number of benzene rings is 2. The van der Waals surface area contributed by atoms with Crippen LogP contribution in [0, 0.1) is 0 Å². The molecule has 0 radical (unpaired) electrons. The Morgan fingerprint density at radius 1 is 1.04 bits per heavy atom. The molecule has 6 heteroatoms. The predicted octanol–water partition coefficient (Wildman–Crippen LogP) is 1.37. The second-order valence-electron chi connectivity index (χ2n) is 5.01. The van der Waals surface area contributed by atoms with Gasteiger partial charge in [0.25, 0.3) is 5.91 Å². The SMILES string of the molecule is NCc1cccc(C(=O)N(CC(=O)O)c2ccc(CO)cc2)c1. The Morgan fingerprint density at radius 2 is 1.74 bits per heavy atom. The van der Waals surface area contributed by atoms with Gasteiger partial charge in [0, 0.05) is 17.8 Å². The second kappa shape index (κ2) is 7.53. The van der Waals surface area contributed by atoms with Crippen LogP contribution in [0.1, 0.15) is 21.5 Å². The number of carboxylic acid groups (broad SMARTS) is 1. The van der Waals surface area contributed by atoms with E-state index in [1.54, 1.807) is 48.5 Å². The number of aliphatic hydroxyl groups is 1. The zero-order chi connectivity index (χ0) is 16.8. The zero-order valence-corrected chi connectivity index (χ0v) is 12.5. The summed E-state index contributed by atoms with van der Waals surface area (Å²) in [5.74, 6) is -1.53. The van der Waals surface area contributed by atoms with Gasteiger partial charge >= 0.3 is 5.97 Å². The van der Waals surface area contributed by atoms with Gasteiger partial charge in [0.1, 0.15) is 6.54 Å². The van der Waals surface area contributed by atoms with Crippen LogP contribution < -0.4 is 10.6 Å². The van der Waals surface area contributed by atoms with Crippen LogP contribution in [0.5, 0.6) is 0 Å². The highest BCUT2D eigenvalue weighted by Crippen LogP contribution is 2.19. The maximum atomic E-state index is 12.7. The summed E-state index contributed by atoms with van der Waals surface area (Å²) in [7, 11) is 0. The van der Waals surface area contributed by atoms with Crippen LogP contribution in [0.2, 0.25) is 0 Å². The molecule has 0 unspecified atom stereocenters. The number of hydrogen-bond donors (Lipinski definition) is 3. The molecule has 0 spiro atoms. The summed E-state index contributed by atoms with van der Waals surface area (Å²) in [5.41, 5.74) is 7.88. The Morgan fingerprint density at radius 3 is 2.30 bits per heavy atom. The molecule has 0 heterocycles. The minimum Gasteiger partial charge on any atom is -0.480 e. The van der Waals surface area contributed by atoms with Crippen molar-refractivity contribution in [3.8, 4) is 0 Å². The van der Waals surface area contributed by atoms with Gasteiger partial charge in [-0.1, -0.05) is 24.3 Å². The van der Waals surface area contributed by atoms with E-state index < -0.39 is 18.4 Å². The Labute approximate surface area is 133 Å². The largest absolute Gasteiger partial charge is 0.480 e. The van der Waals surface area contributed by atoms with E-state index in [-0.39, 0.29) is 6.61 Å². The number of rotatable bonds is 6. The average Bonchev–Trinajstić information content (AvgIpc) is 2.59. The molecule has 0 saturated heterocycles. The van der Waals surface area contributed by atoms with E-state index >= 15 is 0 Å². The number of anilines is 1. The van der Waals surface area contributed by atoms with Crippen molar-refractivity contribution in [1.29, 1.82) is 0 Å². The average molecular weight is 314 g/mol. The van der Waals surface area contributed by atoms with E-state index in [4.69, 9.17) is 15.9 Å². The van der Waals surface area contributed by atoms with Gasteiger partial charge in [-0.3, -0.25) is 14.5 Å². The van der Waals surface area contributed by atoms with E-state index in [0.717, 1.165) is 5.56 Å². The second-order valence-corrected chi connectivity index (χ2v) is 5.01. The normalized spacial score (nSPS) is 10.3. The molecular weight excluding hydrogens is 296 g/mol. The number of carbonyl (C=O) groups is 2. The smallest absolute Gasteiger partial charge is 0.323 e. The molecule has 0 saturated carbocycles. The fraction of sp³-hybridized carbons (Fsp3) is 0.176. The highest BCUT2D eigenvalue weighted by molar-refractivity contribution is 6.08. The number of aliphatic carboxylic acids is 1. The van der Waals surface area contributed by atoms with Gasteiger partial charge in [-0.25, -0.2) is 0 Å². The summed E-state index contributed by atoms with van der Waals surface area (Å²) in [6.45, 7) is -0.277. The topological polar surface area (TPSA) is 104 Å². The van der Waals surface area contributed by atoms with E-state index in [9.17, 15) is 9.59 Å². The summed E-state index contributed by atoms with van der Waals surface area (Å²) < 4.78 is 0. The summed E-state index contributed by atoms with van der Waals surface area (Å²) >= 11 is 0. The molecule has 0 aliphatic rings. The molecular formula is C17H18N2O4. The number of aliphatic hydroxyl groups excluding tert-OH is 1. The monoisotopic (exact) mass is 314 g/mol. The number of amides is 1. The molecule has 4 N–H and O–H groups in total. The van der Waals surface area contributed by atoms with Crippen molar-refractivity contribution in [2.24, 2.45) is 5.73 Å². The van der Waals surface area contributed by atoms with Gasteiger partial charge in [0.15, 0.2) is 0 Å². The Bertz CT molecular complexity index is 698. The maximum absolute atomic E-state index is 12.7. The van der Waals surface area contributed by atoms with Gasteiger partial charge < -0.3 is 15.9 Å². The fourth-order valence-electron chi connectivity index (χ4n) is 2.18. The third kappa shape index (κ3) is 4.15. The van der Waals surface area contributed by atoms with Gasteiger partial charge in [-0.2, -0.15) is 0 Å². The molecule has 0 aliphatic heterocycles. The van der Waals surface area contributed by atoms with Crippen LogP contribution in [-0.4, -0.2) is 28.6 Å². The highest BCUT2D eigenvalue weighted by Gasteiger charge is 2.20. The molecule has 120 valence electrons. The van der Waals surface area contributed by atoms with Crippen molar-refractivity contribution < 1.29 is 19.8 Å². The summed E-state index contributed by atoms with van der Waals surface area (Å²) in [6.07, 6.45) is 0. The zero-order valence-electron chi connectivity index (χ0n) is 12.5. The van der Waals surface area contributed by atoms with Gasteiger partial charge in [-0.15, -0.1) is 0 Å². The lowest BCUT2D eigenvalue weighted by Crippen LogP contribution is -2.35. The van der Waals surface area contributed by atoms with Gasteiger partial charge in [-0.05, 0) is 35.4 Å². The lowest BCUT2D eigenvalue weighted by Gasteiger charge is -2.21. The first kappa shape index (κ1) is 16.7. The fourth-order valence-corrected chi connectivity index (χ4v) is 2.18. The molecule has 1 amide bonds. The number of carboxylic acids is 1. The van der Waals surface area contributed by atoms with E-state index in [1.165, 1.54) is 4.90 Å². The number of nitrogens with two attached hydrogens (primary N) is 1. The lowest BCUT2D eigenvalue weighted by molar-refractivity contribution is -0.135. The van der Waals surface area contributed by atoms with Crippen LogP contribution in [0.3, 0.4) is 0 Å². The summed E-state index contributed by atoms with van der Waals surface area (Å²) in [6, 6.07) is 13.3. The summed E-state index contributed by atoms with van der Waals surface area (Å²) in [4.78, 5) is 25.0. The molecule has 2 aromatic carbocycles.